The fourth-order valence-electron chi connectivity index (χ4n) is 2.86. The van der Waals surface area contributed by atoms with E-state index in [-0.39, 0.29) is 11.0 Å². The highest BCUT2D eigenvalue weighted by Crippen LogP contribution is 2.29. The minimum Gasteiger partial charge on any atom is -0.293 e. The molecule has 2 rings (SSSR count). The van der Waals surface area contributed by atoms with Gasteiger partial charge in [-0.2, -0.15) is 0 Å². The highest BCUT2D eigenvalue weighted by Gasteiger charge is 2.30. The van der Waals surface area contributed by atoms with Crippen LogP contribution < -0.4 is 0 Å². The Hall–Kier alpha value is -0.670. The Morgan fingerprint density at radius 2 is 2.15 bits per heavy atom. The molecule has 1 aliphatic rings. The van der Waals surface area contributed by atoms with Crippen LogP contribution in [-0.2, 0) is 10.8 Å². The topological polar surface area (TPSA) is 34.1 Å². The Labute approximate surface area is 128 Å². The van der Waals surface area contributed by atoms with Gasteiger partial charge in [0, 0.05) is 26.6 Å². The molecule has 0 heterocycles. The number of hydrogen-bond donors (Lipinski definition) is 0. The number of halogens is 1. The summed E-state index contributed by atoms with van der Waals surface area (Å²) in [5.41, 5.74) is 0.558. The van der Waals surface area contributed by atoms with E-state index < -0.39 is 16.0 Å². The highest BCUT2D eigenvalue weighted by atomic mass is 35.5. The van der Waals surface area contributed by atoms with Crippen molar-refractivity contribution in [3.05, 3.63) is 34.9 Å². The maximum absolute atomic E-state index is 12.6. The van der Waals surface area contributed by atoms with Crippen molar-refractivity contribution in [1.82, 2.24) is 0 Å². The second-order valence-corrected chi connectivity index (χ2v) is 8.21. The molecule has 0 aromatic heterocycles. The number of ketones is 1. The zero-order valence-electron chi connectivity index (χ0n) is 12.0. The molecule has 1 aromatic carbocycles. The molecule has 0 saturated heterocycles. The third-order valence-electron chi connectivity index (χ3n) is 4.04. The van der Waals surface area contributed by atoms with Crippen LogP contribution in [0, 0.1) is 5.92 Å². The van der Waals surface area contributed by atoms with Gasteiger partial charge in [0.25, 0.3) is 0 Å². The van der Waals surface area contributed by atoms with Crippen LogP contribution in [-0.4, -0.2) is 20.5 Å². The van der Waals surface area contributed by atoms with Gasteiger partial charge >= 0.3 is 0 Å². The second kappa shape index (κ2) is 6.86. The predicted molar refractivity (Wildman–Crippen MR) is 84.8 cm³/mol. The molecule has 0 spiro atoms. The summed E-state index contributed by atoms with van der Waals surface area (Å²) in [7, 11) is -1.10. The normalized spacial score (nSPS) is 25.9. The van der Waals surface area contributed by atoms with E-state index in [4.69, 9.17) is 11.6 Å². The lowest BCUT2D eigenvalue weighted by molar-refractivity contribution is 0.0992. The van der Waals surface area contributed by atoms with Gasteiger partial charge in [-0.15, -0.1) is 0 Å². The largest absolute Gasteiger partial charge is 0.293 e. The highest BCUT2D eigenvalue weighted by molar-refractivity contribution is 7.87. The van der Waals surface area contributed by atoms with Crippen molar-refractivity contribution in [2.24, 2.45) is 5.92 Å². The molecule has 0 N–H and O–H groups in total. The van der Waals surface area contributed by atoms with E-state index in [1.54, 1.807) is 31.2 Å². The van der Waals surface area contributed by atoms with Gasteiger partial charge in [-0.05, 0) is 37.8 Å². The molecule has 0 radical (unpaired) electrons. The summed E-state index contributed by atoms with van der Waals surface area (Å²) in [5, 5.41) is 0.251. The van der Waals surface area contributed by atoms with Gasteiger partial charge in [-0.1, -0.05) is 43.5 Å². The molecule has 1 aromatic rings. The molecule has 1 fully saturated rings. The minimum absolute atomic E-state index is 0.0657. The van der Waals surface area contributed by atoms with Crippen molar-refractivity contribution in [3.8, 4) is 0 Å². The SMILES string of the molecule is CC1CCCC(S(=O)C(C)C(=O)c2cccc(Cl)c2)C1. The first-order chi connectivity index (χ1) is 9.49. The number of carbonyl (C=O) groups is 1. The summed E-state index contributed by atoms with van der Waals surface area (Å²) in [4.78, 5) is 12.4. The zero-order valence-corrected chi connectivity index (χ0v) is 13.5. The fourth-order valence-corrected chi connectivity index (χ4v) is 4.89. The van der Waals surface area contributed by atoms with E-state index in [9.17, 15) is 9.00 Å². The van der Waals surface area contributed by atoms with E-state index in [2.05, 4.69) is 6.92 Å². The van der Waals surface area contributed by atoms with E-state index in [1.807, 2.05) is 0 Å². The minimum atomic E-state index is -1.10. The monoisotopic (exact) mass is 312 g/mol. The molecule has 0 amide bonds. The summed E-state index contributed by atoms with van der Waals surface area (Å²) in [6.45, 7) is 3.98. The second-order valence-electron chi connectivity index (χ2n) is 5.74. The van der Waals surface area contributed by atoms with Crippen LogP contribution in [0.5, 0.6) is 0 Å². The van der Waals surface area contributed by atoms with Crippen LogP contribution in [0.25, 0.3) is 0 Å². The number of hydrogen-bond acceptors (Lipinski definition) is 2. The first-order valence-electron chi connectivity index (χ1n) is 7.18. The summed E-state index contributed by atoms with van der Waals surface area (Å²) < 4.78 is 12.6. The quantitative estimate of drug-likeness (QED) is 0.779. The molecule has 2 nitrogen and oxygen atoms in total. The molecule has 1 saturated carbocycles. The first-order valence-corrected chi connectivity index (χ1v) is 8.83. The number of carbonyl (C=O) groups excluding carboxylic acids is 1. The van der Waals surface area contributed by atoms with Crippen LogP contribution >= 0.6 is 11.6 Å². The van der Waals surface area contributed by atoms with Gasteiger partial charge in [0.05, 0.1) is 5.25 Å². The first kappa shape index (κ1) is 15.7. The van der Waals surface area contributed by atoms with Crippen molar-refractivity contribution in [2.75, 3.05) is 0 Å². The van der Waals surface area contributed by atoms with Crippen molar-refractivity contribution in [3.63, 3.8) is 0 Å². The Kier molecular flexibility index (Phi) is 5.39. The smallest absolute Gasteiger partial charge is 0.178 e. The van der Waals surface area contributed by atoms with Crippen LogP contribution in [0.2, 0.25) is 5.02 Å². The molecule has 1 aliphatic carbocycles. The Morgan fingerprint density at radius 1 is 1.40 bits per heavy atom. The van der Waals surface area contributed by atoms with Crippen LogP contribution in [0.3, 0.4) is 0 Å². The molecule has 110 valence electrons. The third kappa shape index (κ3) is 3.70. The van der Waals surface area contributed by atoms with Gasteiger partial charge in [-0.3, -0.25) is 9.00 Å². The molecule has 20 heavy (non-hydrogen) atoms. The standard InChI is InChI=1S/C16H21ClO2S/c1-11-5-3-8-15(9-11)20(19)12(2)16(18)13-6-4-7-14(17)10-13/h4,6-7,10-12,15H,3,5,8-9H2,1-2H3. The van der Waals surface area contributed by atoms with Gasteiger partial charge in [-0.25, -0.2) is 0 Å². The Balaban J connectivity index is 2.08. The molecule has 4 heteroatoms. The van der Waals surface area contributed by atoms with Crippen molar-refractivity contribution in [2.45, 2.75) is 50.0 Å². The average Bonchev–Trinajstić information content (AvgIpc) is 2.45. The van der Waals surface area contributed by atoms with E-state index >= 15 is 0 Å². The Bertz CT molecular complexity index is 515. The summed E-state index contributed by atoms with van der Waals surface area (Å²) >= 11 is 5.91. The number of rotatable bonds is 4. The van der Waals surface area contributed by atoms with Crippen LogP contribution in [0.1, 0.15) is 49.9 Å². The van der Waals surface area contributed by atoms with Crippen molar-refractivity contribution < 1.29 is 9.00 Å². The molecule has 0 aliphatic heterocycles. The lowest BCUT2D eigenvalue weighted by atomic mass is 9.91. The molecule has 0 bridgehead atoms. The summed E-state index contributed by atoms with van der Waals surface area (Å²) in [6.07, 6.45) is 4.28. The number of Topliss-reactive ketones (excluding diaryl/α,β-unsaturated/α-hetero) is 1. The zero-order chi connectivity index (χ0) is 14.7. The Morgan fingerprint density at radius 3 is 2.80 bits per heavy atom. The van der Waals surface area contributed by atoms with Gasteiger partial charge in [0.2, 0.25) is 0 Å². The maximum atomic E-state index is 12.6. The summed E-state index contributed by atoms with van der Waals surface area (Å²) in [5.74, 6) is 0.551. The maximum Gasteiger partial charge on any atom is 0.178 e. The van der Waals surface area contributed by atoms with Crippen molar-refractivity contribution in [1.29, 1.82) is 0 Å². The van der Waals surface area contributed by atoms with Gasteiger partial charge < -0.3 is 0 Å². The lowest BCUT2D eigenvalue weighted by Crippen LogP contribution is -2.33. The van der Waals surface area contributed by atoms with E-state index in [0.717, 1.165) is 19.3 Å². The van der Waals surface area contributed by atoms with E-state index in [0.29, 0.717) is 16.5 Å². The van der Waals surface area contributed by atoms with Gasteiger partial charge in [0.15, 0.2) is 5.78 Å². The number of benzene rings is 1. The average molecular weight is 313 g/mol. The fraction of sp³-hybridized carbons (Fsp3) is 0.562. The van der Waals surface area contributed by atoms with Gasteiger partial charge in [0.1, 0.15) is 0 Å². The molecular weight excluding hydrogens is 292 g/mol. The lowest BCUT2D eigenvalue weighted by Gasteiger charge is -2.27. The molecule has 4 atom stereocenters. The summed E-state index contributed by atoms with van der Waals surface area (Å²) in [6, 6.07) is 6.89. The third-order valence-corrected chi connectivity index (χ3v) is 6.27. The van der Waals surface area contributed by atoms with Crippen LogP contribution in [0.4, 0.5) is 0 Å². The molecular formula is C16H21ClO2S. The van der Waals surface area contributed by atoms with Crippen molar-refractivity contribution >= 4 is 28.2 Å². The van der Waals surface area contributed by atoms with E-state index in [1.165, 1.54) is 6.42 Å². The predicted octanol–water partition coefficient (Wildman–Crippen LogP) is 4.24. The van der Waals surface area contributed by atoms with Crippen LogP contribution in [0.15, 0.2) is 24.3 Å². The molecule has 4 unspecified atom stereocenters.